The van der Waals surface area contributed by atoms with Crippen molar-refractivity contribution in [2.24, 2.45) is 35.5 Å². The number of hydrogen-bond acceptors (Lipinski definition) is 3. The van der Waals surface area contributed by atoms with Crippen LogP contribution in [0.1, 0.15) is 122 Å². The van der Waals surface area contributed by atoms with Crippen molar-refractivity contribution in [3.8, 4) is 0 Å². The molecule has 0 fully saturated rings. The molecule has 0 atom stereocenters. The Kier molecular flexibility index (Phi) is 16.7. The van der Waals surface area contributed by atoms with E-state index < -0.39 is 9.53 Å². The summed E-state index contributed by atoms with van der Waals surface area (Å²) in [5, 5.41) is 0. The number of rotatable bonds is 18. The maximum atomic E-state index is 6.72. The predicted octanol–water partition coefficient (Wildman–Crippen LogP) is 8.40. The van der Waals surface area contributed by atoms with Gasteiger partial charge in [0.2, 0.25) is 0 Å². The van der Waals surface area contributed by atoms with E-state index in [2.05, 4.69) is 83.1 Å². The van der Waals surface area contributed by atoms with Gasteiger partial charge >= 0.3 is 9.53 Å². The molecule has 3 nitrogen and oxygen atoms in total. The van der Waals surface area contributed by atoms with Gasteiger partial charge in [0, 0.05) is 18.3 Å². The molecule has 0 aliphatic carbocycles. The van der Waals surface area contributed by atoms with Crippen molar-refractivity contribution in [1.29, 1.82) is 0 Å². The minimum Gasteiger partial charge on any atom is -0.368 e. The van der Waals surface area contributed by atoms with E-state index in [9.17, 15) is 0 Å². The average molecular weight is 458 g/mol. The normalized spacial score (nSPS) is 13.4. The molecule has 0 aromatic rings. The van der Waals surface area contributed by atoms with Crippen LogP contribution in [0.2, 0.25) is 0 Å². The third-order valence-electron chi connectivity index (χ3n) is 5.19. The van der Waals surface area contributed by atoms with Crippen LogP contribution in [0.15, 0.2) is 0 Å². The molecule has 0 aliphatic heterocycles. The summed E-state index contributed by atoms with van der Waals surface area (Å²) in [5.41, 5.74) is 0. The molecule has 0 aromatic heterocycles. The van der Waals surface area contributed by atoms with Crippen LogP contribution in [0.4, 0.5) is 0 Å². The molecule has 0 saturated heterocycles. The van der Waals surface area contributed by atoms with Gasteiger partial charge < -0.3 is 13.3 Å². The molecule has 1 radical (unpaired) electrons. The highest BCUT2D eigenvalue weighted by molar-refractivity contribution is 6.36. The summed E-state index contributed by atoms with van der Waals surface area (Å²) in [4.78, 5) is 0. The van der Waals surface area contributed by atoms with Crippen molar-refractivity contribution < 1.29 is 13.3 Å². The summed E-state index contributed by atoms with van der Waals surface area (Å²) in [7, 11) is -1.81. The maximum absolute atomic E-state index is 6.72. The van der Waals surface area contributed by atoms with Crippen molar-refractivity contribution in [3.05, 3.63) is 0 Å². The van der Waals surface area contributed by atoms with Crippen LogP contribution in [-0.2, 0) is 13.3 Å². The fraction of sp³-hybridized carbons (Fsp3) is 1.00. The van der Waals surface area contributed by atoms with Crippen LogP contribution in [0.3, 0.4) is 0 Å². The lowest BCUT2D eigenvalue weighted by molar-refractivity contribution is -0.0177. The minimum atomic E-state index is -1.81. The second-order valence-electron chi connectivity index (χ2n) is 12.2. The molecule has 0 spiro atoms. The number of hydrogen-bond donors (Lipinski definition) is 0. The Balaban J connectivity index is 5.59. The molecule has 0 aliphatic rings. The summed E-state index contributed by atoms with van der Waals surface area (Å²) in [6.07, 6.45) is 7.04. The molecule has 0 heterocycles. The first kappa shape index (κ1) is 31.1. The van der Waals surface area contributed by atoms with Gasteiger partial charge in [0.1, 0.15) is 0 Å². The van der Waals surface area contributed by atoms with Crippen LogP contribution >= 0.6 is 0 Å². The molecule has 0 amide bonds. The van der Waals surface area contributed by atoms with Crippen LogP contribution < -0.4 is 0 Å². The molecule has 0 N–H and O–H groups in total. The van der Waals surface area contributed by atoms with Crippen molar-refractivity contribution in [2.45, 2.75) is 140 Å². The Hall–Kier alpha value is 0.0969. The smallest absolute Gasteiger partial charge is 0.368 e. The Morgan fingerprint density at radius 3 is 0.645 bits per heavy atom. The highest BCUT2D eigenvalue weighted by Crippen LogP contribution is 2.25. The van der Waals surface area contributed by atoms with Gasteiger partial charge in [0.15, 0.2) is 0 Å². The van der Waals surface area contributed by atoms with Crippen molar-refractivity contribution >= 4 is 9.53 Å². The van der Waals surface area contributed by atoms with Crippen LogP contribution in [0.5, 0.6) is 0 Å². The Bertz CT molecular complexity index is 329. The zero-order chi connectivity index (χ0) is 24.1. The lowest BCUT2D eigenvalue weighted by Gasteiger charge is -2.32. The van der Waals surface area contributed by atoms with E-state index >= 15 is 0 Å². The van der Waals surface area contributed by atoms with Crippen LogP contribution in [0, 0.1) is 35.5 Å². The van der Waals surface area contributed by atoms with E-state index in [4.69, 9.17) is 13.3 Å². The van der Waals surface area contributed by atoms with Gasteiger partial charge in [-0.2, -0.15) is 0 Å². The van der Waals surface area contributed by atoms with E-state index in [1.54, 1.807) is 0 Å². The Labute approximate surface area is 198 Å². The third-order valence-corrected chi connectivity index (χ3v) is 6.77. The first-order valence-electron chi connectivity index (χ1n) is 13.1. The van der Waals surface area contributed by atoms with E-state index in [-0.39, 0.29) is 18.3 Å². The van der Waals surface area contributed by atoms with Gasteiger partial charge in [-0.25, -0.2) is 0 Å². The standard InChI is InChI=1S/C27H57O3Si/c1-19(2)13-25(14-20(3)4)28-31(29-26(15-21(5)6)16-22(7)8)30-27(17-23(9)10)18-24(11)12/h19-27H,13-18H2,1-12H3. The summed E-state index contributed by atoms with van der Waals surface area (Å²) >= 11 is 0. The third kappa shape index (κ3) is 18.2. The molecule has 187 valence electrons. The van der Waals surface area contributed by atoms with Crippen LogP contribution in [0.25, 0.3) is 0 Å². The highest BCUT2D eigenvalue weighted by atomic mass is 28.3. The van der Waals surface area contributed by atoms with Crippen LogP contribution in [-0.4, -0.2) is 27.8 Å². The molecule has 0 rings (SSSR count). The zero-order valence-electron chi connectivity index (χ0n) is 23.2. The molecule has 0 bridgehead atoms. The molecule has 0 saturated carbocycles. The zero-order valence-corrected chi connectivity index (χ0v) is 24.2. The summed E-state index contributed by atoms with van der Waals surface area (Å²) in [5.74, 6) is 3.65. The van der Waals surface area contributed by atoms with E-state index in [0.717, 1.165) is 38.5 Å². The summed E-state index contributed by atoms with van der Waals surface area (Å²) in [6, 6.07) is 0. The van der Waals surface area contributed by atoms with Gasteiger partial charge in [-0.15, -0.1) is 0 Å². The topological polar surface area (TPSA) is 27.7 Å². The SMILES string of the molecule is CC(C)CC(CC(C)C)O[Si](OC(CC(C)C)CC(C)C)OC(CC(C)C)CC(C)C. The van der Waals surface area contributed by atoms with Gasteiger partial charge in [-0.3, -0.25) is 0 Å². The minimum absolute atomic E-state index is 0.214. The molecular weight excluding hydrogens is 400 g/mol. The maximum Gasteiger partial charge on any atom is 0.578 e. The average Bonchev–Trinajstić information content (AvgIpc) is 2.50. The predicted molar refractivity (Wildman–Crippen MR) is 137 cm³/mol. The van der Waals surface area contributed by atoms with Gasteiger partial charge in [-0.05, 0) is 74.0 Å². The van der Waals surface area contributed by atoms with E-state index in [0.29, 0.717) is 35.5 Å². The van der Waals surface area contributed by atoms with Crippen molar-refractivity contribution in [3.63, 3.8) is 0 Å². The molecule has 4 heteroatoms. The molecule has 0 aromatic carbocycles. The quantitative estimate of drug-likeness (QED) is 0.193. The molecule has 31 heavy (non-hydrogen) atoms. The largest absolute Gasteiger partial charge is 0.578 e. The second-order valence-corrected chi connectivity index (χ2v) is 13.5. The fourth-order valence-corrected chi connectivity index (χ4v) is 5.78. The Morgan fingerprint density at radius 1 is 0.355 bits per heavy atom. The lowest BCUT2D eigenvalue weighted by atomic mass is 9.98. The summed E-state index contributed by atoms with van der Waals surface area (Å²) in [6.45, 7) is 27.4. The van der Waals surface area contributed by atoms with E-state index in [1.807, 2.05) is 0 Å². The van der Waals surface area contributed by atoms with Gasteiger partial charge in [0.25, 0.3) is 0 Å². The van der Waals surface area contributed by atoms with Crippen molar-refractivity contribution in [1.82, 2.24) is 0 Å². The fourth-order valence-electron chi connectivity index (χ4n) is 4.22. The lowest BCUT2D eigenvalue weighted by Crippen LogP contribution is -2.40. The van der Waals surface area contributed by atoms with E-state index in [1.165, 1.54) is 0 Å². The first-order valence-corrected chi connectivity index (χ1v) is 14.4. The van der Waals surface area contributed by atoms with Gasteiger partial charge in [0.05, 0.1) is 0 Å². The van der Waals surface area contributed by atoms with Crippen molar-refractivity contribution in [2.75, 3.05) is 0 Å². The highest BCUT2D eigenvalue weighted by Gasteiger charge is 2.32. The first-order chi connectivity index (χ1) is 14.3. The molecular formula is C27H57O3Si. The monoisotopic (exact) mass is 457 g/mol. The Morgan fingerprint density at radius 2 is 0.516 bits per heavy atom. The summed E-state index contributed by atoms with van der Waals surface area (Å²) < 4.78 is 20.2. The second kappa shape index (κ2) is 16.7. The molecule has 0 unspecified atom stereocenters. The van der Waals surface area contributed by atoms with Gasteiger partial charge in [-0.1, -0.05) is 83.1 Å².